The Morgan fingerprint density at radius 2 is 1.96 bits per heavy atom. The smallest absolute Gasteiger partial charge is 0.234 e. The van der Waals surface area contributed by atoms with E-state index in [9.17, 15) is 14.9 Å². The van der Waals surface area contributed by atoms with E-state index in [2.05, 4.69) is 20.9 Å². The van der Waals surface area contributed by atoms with Crippen molar-refractivity contribution in [1.82, 2.24) is 9.88 Å². The number of fused-ring (bicyclic) bond motifs is 2. The van der Waals surface area contributed by atoms with Crippen molar-refractivity contribution in [3.63, 3.8) is 0 Å². The lowest BCUT2D eigenvalue weighted by atomic mass is 9.94. The molecule has 0 radical (unpaired) electrons. The molecule has 8 rings (SSSR count). The van der Waals surface area contributed by atoms with Crippen molar-refractivity contribution in [3.8, 4) is 34.9 Å². The Labute approximate surface area is 289 Å². The first kappa shape index (κ1) is 32.2. The van der Waals surface area contributed by atoms with E-state index in [-0.39, 0.29) is 90.2 Å². The topological polar surface area (TPSA) is 137 Å². The fourth-order valence-electron chi connectivity index (χ4n) is 8.55. The molecule has 1 saturated carbocycles. The van der Waals surface area contributed by atoms with Crippen LogP contribution in [0.5, 0.6) is 11.6 Å². The summed E-state index contributed by atoms with van der Waals surface area (Å²) in [5.74, 6) is -1.40. The van der Waals surface area contributed by atoms with Crippen LogP contribution in [0.4, 0.5) is 23.9 Å². The number of aromatic nitrogens is 1. The first-order chi connectivity index (χ1) is 23.7. The molecule has 1 aliphatic carbocycles. The normalized spacial score (nSPS) is 25.2. The maximum Gasteiger partial charge on any atom is 0.234 e. The maximum absolute atomic E-state index is 17.4. The van der Waals surface area contributed by atoms with Crippen LogP contribution in [0.25, 0.3) is 32.1 Å². The summed E-state index contributed by atoms with van der Waals surface area (Å²) >= 11 is 7.99. The van der Waals surface area contributed by atoms with Gasteiger partial charge in [0.15, 0.2) is 5.82 Å². The van der Waals surface area contributed by atoms with Crippen LogP contribution in [0.15, 0.2) is 12.1 Å². The van der Waals surface area contributed by atoms with E-state index < -0.39 is 23.3 Å². The average molecular weight is 708 g/mol. The van der Waals surface area contributed by atoms with Gasteiger partial charge in [-0.3, -0.25) is 4.90 Å². The highest BCUT2D eigenvalue weighted by Crippen LogP contribution is 2.53. The zero-order valence-corrected chi connectivity index (χ0v) is 28.1. The predicted molar refractivity (Wildman–Crippen MR) is 183 cm³/mol. The lowest BCUT2D eigenvalue weighted by Crippen LogP contribution is -2.43. The number of rotatable bonds is 5. The minimum Gasteiger partial charge on any atom is -0.491 e. The molecule has 3 unspecified atom stereocenters. The van der Waals surface area contributed by atoms with E-state index in [1.165, 1.54) is 12.1 Å². The molecule has 0 spiro atoms. The monoisotopic (exact) mass is 707 g/mol. The molecule has 4 aromatic rings. The molecule has 4 atom stereocenters. The first-order valence-electron chi connectivity index (χ1n) is 16.5. The number of pyridine rings is 1. The molecule has 2 aromatic carbocycles. The summed E-state index contributed by atoms with van der Waals surface area (Å²) in [5.41, 5.74) is 12.3. The number of nitrogens with two attached hydrogens (primary N) is 2. The van der Waals surface area contributed by atoms with Gasteiger partial charge in [0, 0.05) is 42.5 Å². The molecule has 14 heteroatoms. The van der Waals surface area contributed by atoms with Crippen molar-refractivity contribution in [1.29, 1.82) is 10.5 Å². The highest BCUT2D eigenvalue weighted by atomic mass is 35.5. The molecule has 2 aromatic heterocycles. The number of nitrogens with zero attached hydrogens (tertiary/aromatic N) is 5. The van der Waals surface area contributed by atoms with Gasteiger partial charge < -0.3 is 25.8 Å². The average Bonchev–Trinajstić information content (AvgIpc) is 3.82. The number of nitrogen functional groups attached to an aromatic ring is 1. The van der Waals surface area contributed by atoms with Gasteiger partial charge >= 0.3 is 0 Å². The zero-order valence-electron chi connectivity index (χ0n) is 26.5. The van der Waals surface area contributed by atoms with Crippen LogP contribution in [-0.4, -0.2) is 66.5 Å². The van der Waals surface area contributed by atoms with Crippen LogP contribution in [0.3, 0.4) is 0 Å². The van der Waals surface area contributed by atoms with E-state index in [1.54, 1.807) is 0 Å². The lowest BCUT2D eigenvalue weighted by Gasteiger charge is -2.36. The summed E-state index contributed by atoms with van der Waals surface area (Å²) in [6.45, 7) is 1.90. The quantitative estimate of drug-likeness (QED) is 0.230. The second-order valence-electron chi connectivity index (χ2n) is 13.5. The van der Waals surface area contributed by atoms with Crippen molar-refractivity contribution in [2.24, 2.45) is 5.73 Å². The number of nitriles is 2. The Hall–Kier alpha value is -4.01. The van der Waals surface area contributed by atoms with E-state index >= 15 is 8.78 Å². The van der Waals surface area contributed by atoms with Gasteiger partial charge in [-0.05, 0) is 56.7 Å². The van der Waals surface area contributed by atoms with Crippen LogP contribution in [0.1, 0.15) is 56.1 Å². The second kappa shape index (κ2) is 12.1. The summed E-state index contributed by atoms with van der Waals surface area (Å²) < 4.78 is 59.9. The number of hydrogen-bond donors (Lipinski definition) is 2. The third-order valence-corrected chi connectivity index (χ3v) is 12.1. The minimum atomic E-state index is -0.988. The highest BCUT2D eigenvalue weighted by molar-refractivity contribution is 7.23. The van der Waals surface area contributed by atoms with Crippen molar-refractivity contribution in [3.05, 3.63) is 39.9 Å². The van der Waals surface area contributed by atoms with Crippen LogP contribution in [0, 0.1) is 34.3 Å². The zero-order chi connectivity index (χ0) is 34.2. The molecule has 3 aliphatic heterocycles. The van der Waals surface area contributed by atoms with Gasteiger partial charge in [-0.1, -0.05) is 17.7 Å². The largest absolute Gasteiger partial charge is 0.491 e. The Morgan fingerprint density at radius 1 is 1.14 bits per heavy atom. The Bertz CT molecular complexity index is 2120. The van der Waals surface area contributed by atoms with Crippen LogP contribution >= 0.6 is 22.9 Å². The van der Waals surface area contributed by atoms with Gasteiger partial charge in [0.05, 0.1) is 38.5 Å². The van der Waals surface area contributed by atoms with Gasteiger partial charge in [0.25, 0.3) is 0 Å². The van der Waals surface area contributed by atoms with E-state index in [1.807, 2.05) is 6.07 Å². The van der Waals surface area contributed by atoms with Crippen molar-refractivity contribution >= 4 is 54.6 Å². The summed E-state index contributed by atoms with van der Waals surface area (Å²) in [6, 6.07) is 6.81. The van der Waals surface area contributed by atoms with E-state index in [0.29, 0.717) is 38.0 Å². The number of ether oxygens (including phenoxy) is 2. The molecule has 0 amide bonds. The number of thiophene rings is 1. The molecular weight excluding hydrogens is 675 g/mol. The van der Waals surface area contributed by atoms with Crippen molar-refractivity contribution in [2.75, 3.05) is 43.5 Å². The van der Waals surface area contributed by atoms with Crippen molar-refractivity contribution in [2.45, 2.75) is 68.7 Å². The maximum atomic E-state index is 17.4. The fraction of sp³-hybridized carbons (Fsp3) is 0.457. The lowest BCUT2D eigenvalue weighted by molar-refractivity contribution is 0.110. The number of hydrogen-bond acceptors (Lipinski definition) is 10. The number of anilines is 2. The molecule has 49 heavy (non-hydrogen) atoms. The van der Waals surface area contributed by atoms with Crippen LogP contribution < -0.4 is 25.8 Å². The molecule has 5 heterocycles. The fourth-order valence-corrected chi connectivity index (χ4v) is 9.83. The number of halogens is 4. The summed E-state index contributed by atoms with van der Waals surface area (Å²) in [6.07, 6.45) is 3.76. The van der Waals surface area contributed by atoms with Crippen molar-refractivity contribution < 1.29 is 22.6 Å². The van der Waals surface area contributed by atoms with Gasteiger partial charge in [-0.15, -0.1) is 11.3 Å². The molecule has 0 bridgehead atoms. The third-order valence-electron chi connectivity index (χ3n) is 10.7. The summed E-state index contributed by atoms with van der Waals surface area (Å²) in [5, 5.41) is 21.1. The highest BCUT2D eigenvalue weighted by Gasteiger charge is 2.49. The third kappa shape index (κ3) is 4.96. The van der Waals surface area contributed by atoms with Gasteiger partial charge in [0.2, 0.25) is 5.88 Å². The summed E-state index contributed by atoms with van der Waals surface area (Å²) in [7, 11) is 0. The second-order valence-corrected chi connectivity index (χ2v) is 15.0. The first-order valence-corrected chi connectivity index (χ1v) is 17.7. The number of alkyl halides is 1. The Morgan fingerprint density at radius 3 is 2.71 bits per heavy atom. The number of benzene rings is 2. The minimum absolute atomic E-state index is 0.0120. The Kier molecular flexibility index (Phi) is 7.95. The molecule has 4 N–H and O–H groups in total. The Balaban J connectivity index is 1.40. The molecule has 254 valence electrons. The SMILES string of the molecule is N#Cc1c(OCC23CCCN2C[C@H](F)C3)nc2c(F)c(-c3ccc(F)c4sc(N)c(C#N)c34)c(Cl)c3c2c1N(C1CCC(N)C1)CCCO3. The predicted octanol–water partition coefficient (Wildman–Crippen LogP) is 6.80. The van der Waals surface area contributed by atoms with Crippen LogP contribution in [0.2, 0.25) is 5.02 Å². The van der Waals surface area contributed by atoms with E-state index in [4.69, 9.17) is 32.5 Å². The van der Waals surface area contributed by atoms with Gasteiger partial charge in [-0.25, -0.2) is 18.2 Å². The molecular formula is C35H33ClF3N7O2S. The standard InChI is InChI=1S/C35H33ClF3N7O2S/c36-27-25(20-5-6-23(38)32-24(20)21(13-40)33(43)49-32)28(39)29-26-30(46(9-2-10-47-31(26)27)19-4-3-18(42)11-19)22(14-41)34(44-29)48-16-35-7-1-8-45(35)15-17(37)12-35/h5-6,17-19H,1-4,7-12,15-16,42-43H2/t17-,18?,19?,35?/m1/s1. The molecule has 3 fully saturated rings. The van der Waals surface area contributed by atoms with E-state index in [0.717, 1.165) is 43.6 Å². The van der Waals surface area contributed by atoms with Crippen LogP contribution in [-0.2, 0) is 0 Å². The van der Waals surface area contributed by atoms with Gasteiger partial charge in [-0.2, -0.15) is 10.5 Å². The molecule has 4 aliphatic rings. The molecule has 9 nitrogen and oxygen atoms in total. The molecule has 2 saturated heterocycles. The van der Waals surface area contributed by atoms with Gasteiger partial charge in [0.1, 0.15) is 52.6 Å². The summed E-state index contributed by atoms with van der Waals surface area (Å²) in [4.78, 5) is 8.87.